The highest BCUT2D eigenvalue weighted by molar-refractivity contribution is 5.26. The number of ether oxygens (including phenoxy) is 1. The summed E-state index contributed by atoms with van der Waals surface area (Å²) in [6.45, 7) is 6.09. The highest BCUT2D eigenvalue weighted by Crippen LogP contribution is 2.10. The highest BCUT2D eigenvalue weighted by atomic mass is 16.5. The molecule has 0 fully saturated rings. The summed E-state index contributed by atoms with van der Waals surface area (Å²) in [6, 6.07) is 8.38. The lowest BCUT2D eigenvalue weighted by Crippen LogP contribution is -2.08. The fraction of sp³-hybridized carbons (Fsp3) is 0.429. The maximum atomic E-state index is 5.63. The lowest BCUT2D eigenvalue weighted by Gasteiger charge is -2.09. The Kier molecular flexibility index (Phi) is 6.54. The monoisotopic (exact) mass is 219 g/mol. The molecular formula is C14H21NO. The van der Waals surface area contributed by atoms with Gasteiger partial charge in [-0.05, 0) is 31.0 Å². The van der Waals surface area contributed by atoms with Gasteiger partial charge in [0.05, 0.1) is 6.61 Å². The van der Waals surface area contributed by atoms with Crippen molar-refractivity contribution in [1.82, 2.24) is 5.32 Å². The largest absolute Gasteiger partial charge is 0.377 e. The van der Waals surface area contributed by atoms with Crippen molar-refractivity contribution in [3.05, 3.63) is 48.0 Å². The van der Waals surface area contributed by atoms with Gasteiger partial charge in [0.25, 0.3) is 0 Å². The molecule has 0 heterocycles. The van der Waals surface area contributed by atoms with Gasteiger partial charge >= 0.3 is 0 Å². The van der Waals surface area contributed by atoms with Gasteiger partial charge in [0.1, 0.15) is 0 Å². The van der Waals surface area contributed by atoms with E-state index in [0.717, 1.165) is 26.0 Å². The Labute approximate surface area is 98.3 Å². The molecule has 0 unspecified atom stereocenters. The zero-order valence-corrected chi connectivity index (χ0v) is 10.0. The molecule has 1 aromatic rings. The number of hydrogen-bond donors (Lipinski definition) is 1. The van der Waals surface area contributed by atoms with Gasteiger partial charge < -0.3 is 10.1 Å². The van der Waals surface area contributed by atoms with Crippen LogP contribution in [0.3, 0.4) is 0 Å². The van der Waals surface area contributed by atoms with Gasteiger partial charge in [-0.25, -0.2) is 0 Å². The summed E-state index contributed by atoms with van der Waals surface area (Å²) < 4.78 is 5.63. The molecule has 1 N–H and O–H groups in total. The average molecular weight is 219 g/mol. The van der Waals surface area contributed by atoms with E-state index in [9.17, 15) is 0 Å². The number of allylic oxidation sites excluding steroid dienone is 1. The van der Waals surface area contributed by atoms with Crippen molar-refractivity contribution in [2.75, 3.05) is 13.7 Å². The van der Waals surface area contributed by atoms with Crippen molar-refractivity contribution in [2.24, 2.45) is 0 Å². The van der Waals surface area contributed by atoms with Gasteiger partial charge in [0.2, 0.25) is 0 Å². The van der Waals surface area contributed by atoms with Crippen molar-refractivity contribution < 1.29 is 4.74 Å². The smallest absolute Gasteiger partial charge is 0.0720 e. The van der Waals surface area contributed by atoms with Gasteiger partial charge in [-0.1, -0.05) is 30.3 Å². The molecule has 0 aliphatic carbocycles. The van der Waals surface area contributed by atoms with Gasteiger partial charge in [-0.3, -0.25) is 0 Å². The highest BCUT2D eigenvalue weighted by Gasteiger charge is 2.00. The number of benzene rings is 1. The standard InChI is InChI=1S/C14H21NO/c1-3-4-7-10-16-12-14-9-6-5-8-13(14)11-15-2/h3,5-6,8-9,15H,1,4,7,10-12H2,2H3. The summed E-state index contributed by atoms with van der Waals surface area (Å²) >= 11 is 0. The molecule has 0 spiro atoms. The Hall–Kier alpha value is -1.12. The molecule has 0 bridgehead atoms. The number of hydrogen-bond acceptors (Lipinski definition) is 2. The fourth-order valence-electron chi connectivity index (χ4n) is 1.57. The third-order valence-electron chi connectivity index (χ3n) is 2.44. The Morgan fingerprint density at radius 2 is 2.06 bits per heavy atom. The molecule has 0 radical (unpaired) electrons. The van der Waals surface area contributed by atoms with Crippen LogP contribution < -0.4 is 5.32 Å². The van der Waals surface area contributed by atoms with Gasteiger partial charge in [0.15, 0.2) is 0 Å². The molecule has 2 heteroatoms. The van der Waals surface area contributed by atoms with Gasteiger partial charge in [0, 0.05) is 13.2 Å². The van der Waals surface area contributed by atoms with Crippen molar-refractivity contribution in [2.45, 2.75) is 26.0 Å². The van der Waals surface area contributed by atoms with Gasteiger partial charge in [-0.15, -0.1) is 6.58 Å². The lowest BCUT2D eigenvalue weighted by atomic mass is 10.1. The molecule has 0 aromatic heterocycles. The summed E-state index contributed by atoms with van der Waals surface area (Å²) in [4.78, 5) is 0. The van der Waals surface area contributed by atoms with Crippen molar-refractivity contribution in [3.63, 3.8) is 0 Å². The topological polar surface area (TPSA) is 21.3 Å². The molecule has 88 valence electrons. The fourth-order valence-corrected chi connectivity index (χ4v) is 1.57. The van der Waals surface area contributed by atoms with E-state index in [1.165, 1.54) is 11.1 Å². The first-order valence-electron chi connectivity index (χ1n) is 5.78. The van der Waals surface area contributed by atoms with E-state index in [1.54, 1.807) is 0 Å². The van der Waals surface area contributed by atoms with E-state index in [2.05, 4.69) is 36.2 Å². The van der Waals surface area contributed by atoms with E-state index in [4.69, 9.17) is 4.74 Å². The molecule has 0 aliphatic heterocycles. The minimum absolute atomic E-state index is 0.703. The third kappa shape index (κ3) is 4.60. The van der Waals surface area contributed by atoms with Crippen molar-refractivity contribution in [1.29, 1.82) is 0 Å². The third-order valence-corrected chi connectivity index (χ3v) is 2.44. The summed E-state index contributed by atoms with van der Waals surface area (Å²) in [5, 5.41) is 3.17. The Morgan fingerprint density at radius 1 is 1.31 bits per heavy atom. The second-order valence-corrected chi connectivity index (χ2v) is 3.78. The van der Waals surface area contributed by atoms with Crippen LogP contribution in [0, 0.1) is 0 Å². The Balaban J connectivity index is 2.37. The number of nitrogens with one attached hydrogen (secondary N) is 1. The first-order chi connectivity index (χ1) is 7.88. The normalized spacial score (nSPS) is 10.3. The first kappa shape index (κ1) is 12.9. The summed E-state index contributed by atoms with van der Waals surface area (Å²) in [5.41, 5.74) is 2.59. The molecule has 0 amide bonds. The maximum Gasteiger partial charge on any atom is 0.0720 e. The van der Waals surface area contributed by atoms with Crippen molar-refractivity contribution >= 4 is 0 Å². The molecular weight excluding hydrogens is 198 g/mol. The average Bonchev–Trinajstić information content (AvgIpc) is 2.31. The van der Waals surface area contributed by atoms with Gasteiger partial charge in [-0.2, -0.15) is 0 Å². The van der Waals surface area contributed by atoms with Crippen LogP contribution in [0.4, 0.5) is 0 Å². The van der Waals surface area contributed by atoms with Crippen LogP contribution in [-0.4, -0.2) is 13.7 Å². The molecule has 1 rings (SSSR count). The molecule has 0 atom stereocenters. The number of rotatable bonds is 8. The SMILES string of the molecule is C=CCCCOCc1ccccc1CNC. The van der Waals surface area contributed by atoms with Crippen molar-refractivity contribution in [3.8, 4) is 0 Å². The molecule has 1 aromatic carbocycles. The zero-order chi connectivity index (χ0) is 11.6. The Bertz CT molecular complexity index is 309. The van der Waals surface area contributed by atoms with E-state index >= 15 is 0 Å². The molecule has 16 heavy (non-hydrogen) atoms. The quantitative estimate of drug-likeness (QED) is 0.536. The van der Waals surface area contributed by atoms with E-state index < -0.39 is 0 Å². The molecule has 0 aliphatic rings. The van der Waals surface area contributed by atoms with Crippen LogP contribution in [0.5, 0.6) is 0 Å². The predicted molar refractivity (Wildman–Crippen MR) is 68.3 cm³/mol. The molecule has 2 nitrogen and oxygen atoms in total. The maximum absolute atomic E-state index is 5.63. The van der Waals surface area contributed by atoms with E-state index in [0.29, 0.717) is 6.61 Å². The summed E-state index contributed by atoms with van der Waals surface area (Å²) in [5.74, 6) is 0. The van der Waals surface area contributed by atoms with Crippen LogP contribution in [0.1, 0.15) is 24.0 Å². The second kappa shape index (κ2) is 8.08. The first-order valence-corrected chi connectivity index (χ1v) is 5.78. The predicted octanol–water partition coefficient (Wildman–Crippen LogP) is 2.89. The second-order valence-electron chi connectivity index (χ2n) is 3.78. The lowest BCUT2D eigenvalue weighted by molar-refractivity contribution is 0.118. The minimum atomic E-state index is 0.703. The van der Waals surface area contributed by atoms with Crippen LogP contribution in [0.15, 0.2) is 36.9 Å². The Morgan fingerprint density at radius 3 is 2.75 bits per heavy atom. The van der Waals surface area contributed by atoms with E-state index in [1.807, 2.05) is 13.1 Å². The van der Waals surface area contributed by atoms with Crippen LogP contribution in [-0.2, 0) is 17.9 Å². The number of unbranched alkanes of at least 4 members (excludes halogenated alkanes) is 1. The van der Waals surface area contributed by atoms with E-state index in [-0.39, 0.29) is 0 Å². The molecule has 0 saturated carbocycles. The zero-order valence-electron chi connectivity index (χ0n) is 10.0. The van der Waals surface area contributed by atoms with Crippen LogP contribution >= 0.6 is 0 Å². The minimum Gasteiger partial charge on any atom is -0.377 e. The summed E-state index contributed by atoms with van der Waals surface area (Å²) in [6.07, 6.45) is 4.01. The van der Waals surface area contributed by atoms with Crippen LogP contribution in [0.25, 0.3) is 0 Å². The van der Waals surface area contributed by atoms with Crippen LogP contribution in [0.2, 0.25) is 0 Å². The molecule has 0 saturated heterocycles. The summed E-state index contributed by atoms with van der Waals surface area (Å²) in [7, 11) is 1.96.